The van der Waals surface area contributed by atoms with Crippen molar-refractivity contribution in [3.05, 3.63) is 40.8 Å². The highest BCUT2D eigenvalue weighted by Crippen LogP contribution is 2.37. The van der Waals surface area contributed by atoms with Crippen LogP contribution in [0.2, 0.25) is 0 Å². The SMILES string of the molecule is CCCCCCCCCCCCCCCCCCCC(=O)OCNCCN=C1Nc2ccccc2Nc2sc(C)cc21. The summed E-state index contributed by atoms with van der Waals surface area (Å²) >= 11 is 1.73. The van der Waals surface area contributed by atoms with E-state index >= 15 is 0 Å². The Morgan fingerprint density at radius 2 is 1.36 bits per heavy atom. The van der Waals surface area contributed by atoms with Crippen LogP contribution < -0.4 is 16.0 Å². The number of nitrogens with one attached hydrogen (secondary N) is 3. The summed E-state index contributed by atoms with van der Waals surface area (Å²) in [6, 6.07) is 10.3. The number of amidine groups is 1. The number of aryl methyl sites for hydroxylation is 1. The van der Waals surface area contributed by atoms with Crippen LogP contribution in [0.3, 0.4) is 0 Å². The Hall–Kier alpha value is -2.38. The third kappa shape index (κ3) is 13.7. The standard InChI is InChI=1S/C35H56N4O2S/c1-3-4-5-6-7-8-9-10-11-12-13-14-15-16-17-18-19-24-33(40)41-28-36-25-26-37-34-30-27-29(2)42-35(30)39-32-23-21-20-22-31(32)38-34/h20-23,27,36,39H,3-19,24-26,28H2,1-2H3,(H,37,38). The van der Waals surface area contributed by atoms with Gasteiger partial charge in [0, 0.05) is 17.8 Å². The molecule has 3 rings (SSSR count). The Labute approximate surface area is 259 Å². The zero-order chi connectivity index (χ0) is 29.7. The largest absolute Gasteiger partial charge is 0.450 e. The van der Waals surface area contributed by atoms with E-state index < -0.39 is 0 Å². The van der Waals surface area contributed by atoms with Gasteiger partial charge in [0.05, 0.1) is 23.5 Å². The molecule has 234 valence electrons. The van der Waals surface area contributed by atoms with Gasteiger partial charge in [-0.2, -0.15) is 0 Å². The van der Waals surface area contributed by atoms with E-state index in [1.54, 1.807) is 11.3 Å². The van der Waals surface area contributed by atoms with Gasteiger partial charge in [-0.15, -0.1) is 11.3 Å². The molecule has 0 spiro atoms. The summed E-state index contributed by atoms with van der Waals surface area (Å²) in [6.45, 7) is 5.87. The van der Waals surface area contributed by atoms with Gasteiger partial charge in [-0.05, 0) is 31.5 Å². The molecule has 7 heteroatoms. The van der Waals surface area contributed by atoms with E-state index in [1.165, 1.54) is 101 Å². The van der Waals surface area contributed by atoms with Crippen LogP contribution in [0.4, 0.5) is 16.4 Å². The number of carbonyl (C=O) groups is 1. The lowest BCUT2D eigenvalue weighted by Gasteiger charge is -2.09. The van der Waals surface area contributed by atoms with Gasteiger partial charge in [0.1, 0.15) is 17.6 Å². The molecule has 42 heavy (non-hydrogen) atoms. The van der Waals surface area contributed by atoms with Crippen LogP contribution in [-0.2, 0) is 9.53 Å². The minimum absolute atomic E-state index is 0.110. The van der Waals surface area contributed by atoms with Gasteiger partial charge in [-0.25, -0.2) is 0 Å². The van der Waals surface area contributed by atoms with Gasteiger partial charge in [0.2, 0.25) is 0 Å². The summed E-state index contributed by atoms with van der Waals surface area (Å²) < 4.78 is 5.37. The van der Waals surface area contributed by atoms with Crippen LogP contribution in [0, 0.1) is 6.92 Å². The topological polar surface area (TPSA) is 74.8 Å². The van der Waals surface area contributed by atoms with Crippen LogP contribution in [0.15, 0.2) is 35.3 Å². The van der Waals surface area contributed by atoms with E-state index in [0.717, 1.165) is 40.6 Å². The van der Waals surface area contributed by atoms with E-state index in [4.69, 9.17) is 9.73 Å². The van der Waals surface area contributed by atoms with Gasteiger partial charge in [-0.1, -0.05) is 122 Å². The number of unbranched alkanes of at least 4 members (excludes halogenated alkanes) is 16. The average molecular weight is 597 g/mol. The highest BCUT2D eigenvalue weighted by Gasteiger charge is 2.19. The van der Waals surface area contributed by atoms with Crippen molar-refractivity contribution in [2.24, 2.45) is 4.99 Å². The summed E-state index contributed by atoms with van der Waals surface area (Å²) in [4.78, 5) is 18.1. The van der Waals surface area contributed by atoms with Crippen LogP contribution in [0.25, 0.3) is 0 Å². The number of thiophene rings is 1. The molecular formula is C35H56N4O2S. The van der Waals surface area contributed by atoms with E-state index in [-0.39, 0.29) is 12.7 Å². The number of esters is 1. The predicted molar refractivity (Wildman–Crippen MR) is 182 cm³/mol. The van der Waals surface area contributed by atoms with Gasteiger partial charge < -0.3 is 15.4 Å². The Balaban J connectivity index is 1.13. The number of ether oxygens (including phenoxy) is 1. The second-order valence-electron chi connectivity index (χ2n) is 11.7. The zero-order valence-corrected chi connectivity index (χ0v) is 27.2. The second-order valence-corrected chi connectivity index (χ2v) is 12.9. The summed E-state index contributed by atoms with van der Waals surface area (Å²) in [7, 11) is 0. The molecule has 0 radical (unpaired) electrons. The molecule has 0 amide bonds. The Bertz CT molecular complexity index is 1050. The van der Waals surface area contributed by atoms with Gasteiger partial charge in [-0.3, -0.25) is 15.1 Å². The molecule has 0 aliphatic carbocycles. The fourth-order valence-corrected chi connectivity index (χ4v) is 6.37. The van der Waals surface area contributed by atoms with Crippen LogP contribution in [0.1, 0.15) is 133 Å². The molecule has 6 nitrogen and oxygen atoms in total. The number of rotatable bonds is 23. The van der Waals surface area contributed by atoms with E-state index in [1.807, 2.05) is 12.1 Å². The normalized spacial score (nSPS) is 13.2. The molecule has 0 saturated heterocycles. The predicted octanol–water partition coefficient (Wildman–Crippen LogP) is 10.1. The number of fused-ring (bicyclic) bond motifs is 2. The molecule has 0 bridgehead atoms. The maximum atomic E-state index is 12.1. The smallest absolute Gasteiger partial charge is 0.307 e. The zero-order valence-electron chi connectivity index (χ0n) is 26.4. The van der Waals surface area contributed by atoms with Gasteiger partial charge in [0.25, 0.3) is 0 Å². The molecule has 2 heterocycles. The Morgan fingerprint density at radius 1 is 0.810 bits per heavy atom. The first-order chi connectivity index (χ1) is 20.7. The number of nitrogens with zero attached hydrogens (tertiary/aromatic N) is 1. The Kier molecular flexibility index (Phi) is 17.3. The van der Waals surface area contributed by atoms with Crippen molar-refractivity contribution in [3.8, 4) is 0 Å². The molecule has 3 N–H and O–H groups in total. The molecule has 0 saturated carbocycles. The fraction of sp³-hybridized carbons (Fsp3) is 0.657. The molecule has 0 fully saturated rings. The van der Waals surface area contributed by atoms with E-state index in [9.17, 15) is 4.79 Å². The molecule has 1 aromatic carbocycles. The molecule has 2 aromatic rings. The van der Waals surface area contributed by atoms with Crippen molar-refractivity contribution in [3.63, 3.8) is 0 Å². The second kappa shape index (κ2) is 21.3. The van der Waals surface area contributed by atoms with Crippen molar-refractivity contribution in [2.75, 3.05) is 30.5 Å². The fourth-order valence-electron chi connectivity index (χ4n) is 5.44. The lowest BCUT2D eigenvalue weighted by molar-refractivity contribution is -0.144. The first-order valence-electron chi connectivity index (χ1n) is 16.8. The summed E-state index contributed by atoms with van der Waals surface area (Å²) in [5, 5.41) is 11.3. The maximum absolute atomic E-state index is 12.1. The third-order valence-corrected chi connectivity index (χ3v) is 8.88. The first kappa shape index (κ1) is 34.1. The molecular weight excluding hydrogens is 540 g/mol. The summed E-state index contributed by atoms with van der Waals surface area (Å²) in [6.07, 6.45) is 23.3. The number of hydrogen-bond donors (Lipinski definition) is 3. The van der Waals surface area contributed by atoms with Crippen LogP contribution in [-0.4, -0.2) is 31.6 Å². The van der Waals surface area contributed by atoms with Crippen LogP contribution in [0.5, 0.6) is 0 Å². The molecule has 1 aliphatic rings. The van der Waals surface area contributed by atoms with E-state index in [2.05, 4.69) is 48.0 Å². The highest BCUT2D eigenvalue weighted by atomic mass is 32.1. The number of anilines is 3. The molecule has 1 aliphatic heterocycles. The minimum Gasteiger partial charge on any atom is -0.450 e. The average Bonchev–Trinajstić information content (AvgIpc) is 3.29. The number of para-hydroxylation sites is 2. The van der Waals surface area contributed by atoms with Crippen molar-refractivity contribution in [1.29, 1.82) is 0 Å². The number of aliphatic imine (C=N–C) groups is 1. The Morgan fingerprint density at radius 3 is 1.95 bits per heavy atom. The lowest BCUT2D eigenvalue weighted by Crippen LogP contribution is -2.24. The van der Waals surface area contributed by atoms with Gasteiger partial charge >= 0.3 is 5.97 Å². The maximum Gasteiger partial charge on any atom is 0.307 e. The quantitative estimate of drug-likeness (QED) is 0.0676. The molecule has 0 atom stereocenters. The molecule has 1 aromatic heterocycles. The third-order valence-electron chi connectivity index (χ3n) is 7.92. The number of benzene rings is 1. The summed E-state index contributed by atoms with van der Waals surface area (Å²) in [5.41, 5.74) is 3.16. The van der Waals surface area contributed by atoms with Crippen molar-refractivity contribution in [1.82, 2.24) is 5.32 Å². The number of hydrogen-bond acceptors (Lipinski definition) is 6. The van der Waals surface area contributed by atoms with Crippen molar-refractivity contribution in [2.45, 2.75) is 129 Å². The first-order valence-corrected chi connectivity index (χ1v) is 17.6. The van der Waals surface area contributed by atoms with Crippen molar-refractivity contribution >= 4 is 39.5 Å². The highest BCUT2D eigenvalue weighted by molar-refractivity contribution is 7.16. The van der Waals surface area contributed by atoms with E-state index in [0.29, 0.717) is 19.5 Å². The van der Waals surface area contributed by atoms with Crippen LogP contribution >= 0.6 is 11.3 Å². The lowest BCUT2D eigenvalue weighted by atomic mass is 10.0. The summed E-state index contributed by atoms with van der Waals surface area (Å²) in [5.74, 6) is 0.755. The minimum atomic E-state index is -0.110. The van der Waals surface area contributed by atoms with Gasteiger partial charge in [0.15, 0.2) is 0 Å². The molecule has 0 unspecified atom stereocenters. The van der Waals surface area contributed by atoms with Crippen molar-refractivity contribution < 1.29 is 9.53 Å². The monoisotopic (exact) mass is 596 g/mol. The number of carbonyl (C=O) groups excluding carboxylic acids is 1.